The van der Waals surface area contributed by atoms with E-state index in [1.54, 1.807) is 6.07 Å². The van der Waals surface area contributed by atoms with Crippen LogP contribution in [-0.2, 0) is 0 Å². The fraction of sp³-hybridized carbons (Fsp3) is 0.450. The van der Waals surface area contributed by atoms with Crippen molar-refractivity contribution in [3.63, 3.8) is 0 Å². The van der Waals surface area contributed by atoms with Crippen LogP contribution in [0.1, 0.15) is 60.1 Å². The smallest absolute Gasteiger partial charge is 0.274 e. The Morgan fingerprint density at radius 3 is 2.48 bits per heavy atom. The van der Waals surface area contributed by atoms with Crippen LogP contribution in [0.15, 0.2) is 30.6 Å². The molecule has 0 spiro atoms. The first-order valence-electron chi connectivity index (χ1n) is 9.09. The predicted octanol–water partition coefficient (Wildman–Crippen LogP) is 4.48. The van der Waals surface area contributed by atoms with Gasteiger partial charge < -0.3 is 10.6 Å². The van der Waals surface area contributed by atoms with Crippen LogP contribution in [0.4, 0.5) is 11.5 Å². The third kappa shape index (κ3) is 4.78. The van der Waals surface area contributed by atoms with Gasteiger partial charge >= 0.3 is 0 Å². The van der Waals surface area contributed by atoms with Crippen molar-refractivity contribution in [2.24, 2.45) is 0 Å². The van der Waals surface area contributed by atoms with Gasteiger partial charge in [0.2, 0.25) is 0 Å². The van der Waals surface area contributed by atoms with Gasteiger partial charge in [-0.2, -0.15) is 0 Å². The van der Waals surface area contributed by atoms with Gasteiger partial charge in [0.05, 0.1) is 0 Å². The Balaban J connectivity index is 1.67. The summed E-state index contributed by atoms with van der Waals surface area (Å²) in [5.74, 6) is 0.515. The van der Waals surface area contributed by atoms with Crippen LogP contribution >= 0.6 is 0 Å². The Morgan fingerprint density at radius 2 is 1.76 bits per heavy atom. The molecule has 0 atom stereocenters. The van der Waals surface area contributed by atoms with Crippen molar-refractivity contribution in [1.29, 1.82) is 0 Å². The van der Waals surface area contributed by atoms with Gasteiger partial charge in [0, 0.05) is 17.8 Å². The quantitative estimate of drug-likeness (QED) is 0.807. The van der Waals surface area contributed by atoms with Crippen molar-refractivity contribution in [1.82, 2.24) is 9.97 Å². The maximum absolute atomic E-state index is 12.5. The molecule has 3 rings (SSSR count). The average molecular weight is 338 g/mol. The third-order valence-corrected chi connectivity index (χ3v) is 4.87. The summed E-state index contributed by atoms with van der Waals surface area (Å²) in [6.45, 7) is 4.08. The Kier molecular flexibility index (Phi) is 5.64. The highest BCUT2D eigenvalue weighted by atomic mass is 16.1. The molecule has 1 saturated carbocycles. The molecule has 2 aromatic rings. The number of rotatable bonds is 4. The lowest BCUT2D eigenvalue weighted by Crippen LogP contribution is -2.20. The zero-order valence-corrected chi connectivity index (χ0v) is 15.0. The van der Waals surface area contributed by atoms with E-state index in [4.69, 9.17) is 0 Å². The van der Waals surface area contributed by atoms with E-state index in [0.717, 1.165) is 29.9 Å². The topological polar surface area (TPSA) is 66.9 Å². The molecule has 5 nitrogen and oxygen atoms in total. The standard InChI is InChI=1S/C20H26N4O/c1-14-9-10-17(11-15(14)2)24-20(25)18-12-19(22-13-21-18)23-16-7-5-3-4-6-8-16/h9-13,16H,3-8H2,1-2H3,(H,24,25)(H,21,22,23). The molecule has 1 aromatic heterocycles. The van der Waals surface area contributed by atoms with Gasteiger partial charge in [0.15, 0.2) is 0 Å². The van der Waals surface area contributed by atoms with Crippen LogP contribution in [-0.4, -0.2) is 21.9 Å². The number of hydrogen-bond donors (Lipinski definition) is 2. The van der Waals surface area contributed by atoms with Crippen molar-refractivity contribution >= 4 is 17.4 Å². The predicted molar refractivity (Wildman–Crippen MR) is 101 cm³/mol. The normalized spacial score (nSPS) is 15.4. The minimum absolute atomic E-state index is 0.213. The number of anilines is 2. The SMILES string of the molecule is Cc1ccc(NC(=O)c2cc(NC3CCCCCC3)ncn2)cc1C. The molecule has 1 aliphatic rings. The molecule has 5 heteroatoms. The fourth-order valence-corrected chi connectivity index (χ4v) is 3.21. The summed E-state index contributed by atoms with van der Waals surface area (Å²) in [4.78, 5) is 20.9. The lowest BCUT2D eigenvalue weighted by atomic mass is 10.1. The van der Waals surface area contributed by atoms with Crippen LogP contribution in [0.25, 0.3) is 0 Å². The van der Waals surface area contributed by atoms with Gasteiger partial charge in [-0.25, -0.2) is 9.97 Å². The van der Waals surface area contributed by atoms with Crippen LogP contribution < -0.4 is 10.6 Å². The molecule has 1 aliphatic carbocycles. The summed E-state index contributed by atoms with van der Waals surface area (Å²) >= 11 is 0. The highest BCUT2D eigenvalue weighted by Gasteiger charge is 2.14. The third-order valence-electron chi connectivity index (χ3n) is 4.87. The van der Waals surface area contributed by atoms with Gasteiger partial charge in [-0.05, 0) is 49.9 Å². The Hall–Kier alpha value is -2.43. The zero-order valence-electron chi connectivity index (χ0n) is 15.0. The number of amides is 1. The molecular weight excluding hydrogens is 312 g/mol. The molecular formula is C20H26N4O. The molecule has 1 amide bonds. The molecule has 132 valence electrons. The van der Waals surface area contributed by atoms with Crippen molar-refractivity contribution in [3.8, 4) is 0 Å². The van der Waals surface area contributed by atoms with Gasteiger partial charge in [0.1, 0.15) is 17.8 Å². The summed E-state index contributed by atoms with van der Waals surface area (Å²) < 4.78 is 0. The second kappa shape index (κ2) is 8.10. The number of aromatic nitrogens is 2. The molecule has 0 bridgehead atoms. The van der Waals surface area contributed by atoms with Crippen LogP contribution in [0.5, 0.6) is 0 Å². The molecule has 2 N–H and O–H groups in total. The molecule has 1 heterocycles. The molecule has 1 aromatic carbocycles. The van der Waals surface area contributed by atoms with E-state index < -0.39 is 0 Å². The van der Waals surface area contributed by atoms with E-state index in [1.807, 2.05) is 25.1 Å². The summed E-state index contributed by atoms with van der Waals surface area (Å²) in [6.07, 6.45) is 8.90. The van der Waals surface area contributed by atoms with Crippen molar-refractivity contribution in [2.75, 3.05) is 10.6 Å². The lowest BCUT2D eigenvalue weighted by molar-refractivity contribution is 0.102. The number of nitrogens with zero attached hydrogens (tertiary/aromatic N) is 2. The lowest BCUT2D eigenvalue weighted by Gasteiger charge is -2.17. The Morgan fingerprint density at radius 1 is 1.00 bits per heavy atom. The van der Waals surface area contributed by atoms with Crippen LogP contribution in [0, 0.1) is 13.8 Å². The fourth-order valence-electron chi connectivity index (χ4n) is 3.21. The maximum atomic E-state index is 12.5. The van der Waals surface area contributed by atoms with E-state index in [1.165, 1.54) is 37.6 Å². The maximum Gasteiger partial charge on any atom is 0.274 e. The van der Waals surface area contributed by atoms with Gasteiger partial charge in [-0.1, -0.05) is 31.7 Å². The number of hydrogen-bond acceptors (Lipinski definition) is 4. The monoisotopic (exact) mass is 338 g/mol. The minimum atomic E-state index is -0.213. The number of aryl methyl sites for hydroxylation is 2. The Labute approximate surface area is 149 Å². The van der Waals surface area contributed by atoms with E-state index in [0.29, 0.717) is 11.7 Å². The van der Waals surface area contributed by atoms with Gasteiger partial charge in [0.25, 0.3) is 5.91 Å². The largest absolute Gasteiger partial charge is 0.367 e. The highest BCUT2D eigenvalue weighted by molar-refractivity contribution is 6.03. The van der Waals surface area contributed by atoms with Crippen molar-refractivity contribution < 1.29 is 4.79 Å². The summed E-state index contributed by atoms with van der Waals surface area (Å²) in [5, 5.41) is 6.38. The molecule has 1 fully saturated rings. The molecule has 25 heavy (non-hydrogen) atoms. The number of carbonyl (C=O) groups excluding carboxylic acids is 1. The number of nitrogens with one attached hydrogen (secondary N) is 2. The zero-order chi connectivity index (χ0) is 17.6. The van der Waals surface area contributed by atoms with E-state index in [2.05, 4.69) is 27.5 Å². The molecule has 0 aliphatic heterocycles. The van der Waals surface area contributed by atoms with Gasteiger partial charge in [-0.3, -0.25) is 4.79 Å². The second-order valence-corrected chi connectivity index (χ2v) is 6.87. The van der Waals surface area contributed by atoms with Gasteiger partial charge in [-0.15, -0.1) is 0 Å². The first kappa shape index (κ1) is 17.4. The summed E-state index contributed by atoms with van der Waals surface area (Å²) in [6, 6.07) is 8.06. The van der Waals surface area contributed by atoms with E-state index in [-0.39, 0.29) is 5.91 Å². The van der Waals surface area contributed by atoms with E-state index in [9.17, 15) is 4.79 Å². The molecule has 0 saturated heterocycles. The summed E-state index contributed by atoms with van der Waals surface area (Å²) in [5.41, 5.74) is 3.51. The Bertz CT molecular complexity index is 736. The molecule has 0 radical (unpaired) electrons. The number of benzene rings is 1. The highest BCUT2D eigenvalue weighted by Crippen LogP contribution is 2.21. The first-order chi connectivity index (χ1) is 12.1. The van der Waals surface area contributed by atoms with Crippen LogP contribution in [0.2, 0.25) is 0 Å². The minimum Gasteiger partial charge on any atom is -0.367 e. The average Bonchev–Trinajstić information content (AvgIpc) is 2.87. The summed E-state index contributed by atoms with van der Waals surface area (Å²) in [7, 11) is 0. The number of carbonyl (C=O) groups is 1. The first-order valence-corrected chi connectivity index (χ1v) is 9.09. The van der Waals surface area contributed by atoms with E-state index >= 15 is 0 Å². The van der Waals surface area contributed by atoms with Crippen molar-refractivity contribution in [2.45, 2.75) is 58.4 Å². The van der Waals surface area contributed by atoms with Crippen molar-refractivity contribution in [3.05, 3.63) is 47.4 Å². The van der Waals surface area contributed by atoms with Crippen LogP contribution in [0.3, 0.4) is 0 Å². The molecule has 0 unspecified atom stereocenters. The second-order valence-electron chi connectivity index (χ2n) is 6.87.